The first-order chi connectivity index (χ1) is 10.1. The normalized spacial score (nSPS) is 23.9. The van der Waals surface area contributed by atoms with Gasteiger partial charge in [0.15, 0.2) is 0 Å². The zero-order valence-corrected chi connectivity index (χ0v) is 13.8. The smallest absolute Gasteiger partial charge is 0.233 e. The summed E-state index contributed by atoms with van der Waals surface area (Å²) in [7, 11) is 0. The van der Waals surface area contributed by atoms with Crippen molar-refractivity contribution in [3.05, 3.63) is 35.6 Å². The molecule has 1 heterocycles. The van der Waals surface area contributed by atoms with E-state index < -0.39 is 5.41 Å². The Balaban J connectivity index is 0.00000176. The topological polar surface area (TPSA) is 32.3 Å². The van der Waals surface area contributed by atoms with Crippen molar-refractivity contribution in [2.75, 3.05) is 19.6 Å². The number of rotatable bonds is 2. The lowest BCUT2D eigenvalue weighted by molar-refractivity contribution is -0.138. The van der Waals surface area contributed by atoms with Crippen molar-refractivity contribution in [1.29, 1.82) is 0 Å². The molecule has 2 fully saturated rings. The average molecular weight is 327 g/mol. The van der Waals surface area contributed by atoms with Crippen LogP contribution in [0.1, 0.15) is 38.2 Å². The van der Waals surface area contributed by atoms with Gasteiger partial charge in [-0.05, 0) is 37.5 Å². The van der Waals surface area contributed by atoms with Crippen LogP contribution in [0.4, 0.5) is 4.39 Å². The summed E-state index contributed by atoms with van der Waals surface area (Å²) in [5.74, 6) is -0.00454. The highest BCUT2D eigenvalue weighted by molar-refractivity contribution is 5.88. The number of piperazine rings is 1. The highest BCUT2D eigenvalue weighted by Gasteiger charge is 2.45. The van der Waals surface area contributed by atoms with Crippen LogP contribution in [-0.4, -0.2) is 36.5 Å². The van der Waals surface area contributed by atoms with E-state index in [1.165, 1.54) is 12.1 Å². The van der Waals surface area contributed by atoms with E-state index in [9.17, 15) is 9.18 Å². The molecule has 1 aromatic carbocycles. The van der Waals surface area contributed by atoms with Crippen molar-refractivity contribution < 1.29 is 9.18 Å². The number of nitrogens with zero attached hydrogens (tertiary/aromatic N) is 1. The molecule has 2 aliphatic rings. The molecular formula is C17H24ClFN2O. The number of hydrogen-bond donors (Lipinski definition) is 1. The SMILES string of the molecule is CC1CN(C(=O)C2(c3ccc(F)cc3)CCCC2)CCN1.Cl. The van der Waals surface area contributed by atoms with Gasteiger partial charge in [0.1, 0.15) is 5.82 Å². The van der Waals surface area contributed by atoms with E-state index in [1.807, 2.05) is 4.90 Å². The van der Waals surface area contributed by atoms with Gasteiger partial charge in [0.05, 0.1) is 5.41 Å². The molecule has 1 unspecified atom stereocenters. The number of carbonyl (C=O) groups excluding carboxylic acids is 1. The van der Waals surface area contributed by atoms with Gasteiger partial charge in [-0.25, -0.2) is 4.39 Å². The van der Waals surface area contributed by atoms with Crippen LogP contribution in [0.5, 0.6) is 0 Å². The lowest BCUT2D eigenvalue weighted by Gasteiger charge is -2.39. The molecule has 1 aliphatic carbocycles. The Hall–Kier alpha value is -1.13. The number of nitrogens with one attached hydrogen (secondary N) is 1. The highest BCUT2D eigenvalue weighted by Crippen LogP contribution is 2.42. The molecule has 1 aromatic rings. The Bertz CT molecular complexity index is 514. The third-order valence-corrected chi connectivity index (χ3v) is 4.92. The van der Waals surface area contributed by atoms with Gasteiger partial charge < -0.3 is 10.2 Å². The van der Waals surface area contributed by atoms with E-state index in [0.717, 1.165) is 50.9 Å². The molecular weight excluding hydrogens is 303 g/mol. The summed E-state index contributed by atoms with van der Waals surface area (Å²) < 4.78 is 13.2. The molecule has 22 heavy (non-hydrogen) atoms. The highest BCUT2D eigenvalue weighted by atomic mass is 35.5. The lowest BCUT2D eigenvalue weighted by atomic mass is 9.77. The van der Waals surface area contributed by atoms with Crippen molar-refractivity contribution in [1.82, 2.24) is 10.2 Å². The van der Waals surface area contributed by atoms with Gasteiger partial charge in [0.2, 0.25) is 5.91 Å². The molecule has 1 amide bonds. The molecule has 1 saturated carbocycles. The average Bonchev–Trinajstić information content (AvgIpc) is 2.98. The number of carbonyl (C=O) groups is 1. The van der Waals surface area contributed by atoms with Crippen molar-refractivity contribution in [3.63, 3.8) is 0 Å². The van der Waals surface area contributed by atoms with Gasteiger partial charge >= 0.3 is 0 Å². The molecule has 1 aliphatic heterocycles. The molecule has 122 valence electrons. The van der Waals surface area contributed by atoms with Crippen molar-refractivity contribution in [2.45, 2.75) is 44.1 Å². The van der Waals surface area contributed by atoms with Gasteiger partial charge in [-0.1, -0.05) is 25.0 Å². The van der Waals surface area contributed by atoms with E-state index in [0.29, 0.717) is 6.04 Å². The van der Waals surface area contributed by atoms with Crippen LogP contribution in [0.2, 0.25) is 0 Å². The first kappa shape index (κ1) is 17.2. The summed E-state index contributed by atoms with van der Waals surface area (Å²) in [6, 6.07) is 6.88. The predicted octanol–water partition coefficient (Wildman–Crippen LogP) is 2.88. The molecule has 1 atom stereocenters. The Morgan fingerprint density at radius 1 is 1.27 bits per heavy atom. The Morgan fingerprint density at radius 3 is 2.50 bits per heavy atom. The monoisotopic (exact) mass is 326 g/mol. The molecule has 1 N–H and O–H groups in total. The second-order valence-electron chi connectivity index (χ2n) is 6.40. The largest absolute Gasteiger partial charge is 0.339 e. The van der Waals surface area contributed by atoms with Crippen LogP contribution in [0.3, 0.4) is 0 Å². The van der Waals surface area contributed by atoms with E-state index in [-0.39, 0.29) is 24.1 Å². The third kappa shape index (κ3) is 3.13. The first-order valence-corrected chi connectivity index (χ1v) is 7.91. The van der Waals surface area contributed by atoms with Crippen LogP contribution in [0, 0.1) is 5.82 Å². The van der Waals surface area contributed by atoms with Gasteiger partial charge in [-0.3, -0.25) is 4.79 Å². The molecule has 5 heteroatoms. The number of halogens is 2. The van der Waals surface area contributed by atoms with Crippen molar-refractivity contribution >= 4 is 18.3 Å². The summed E-state index contributed by atoms with van der Waals surface area (Å²) in [4.78, 5) is 15.2. The molecule has 0 spiro atoms. The minimum Gasteiger partial charge on any atom is -0.339 e. The number of benzene rings is 1. The van der Waals surface area contributed by atoms with E-state index in [2.05, 4.69) is 12.2 Å². The standard InChI is InChI=1S/C17H23FN2O.ClH/c1-13-12-20(11-10-19-13)16(21)17(8-2-3-9-17)14-4-6-15(18)7-5-14;/h4-7,13,19H,2-3,8-12H2,1H3;1H. The fourth-order valence-corrected chi connectivity index (χ4v) is 3.79. The summed E-state index contributed by atoms with van der Waals surface area (Å²) in [6.07, 6.45) is 3.92. The molecule has 0 radical (unpaired) electrons. The Labute approximate surface area is 137 Å². The zero-order valence-electron chi connectivity index (χ0n) is 13.0. The van der Waals surface area contributed by atoms with Crippen LogP contribution < -0.4 is 5.32 Å². The van der Waals surface area contributed by atoms with Gasteiger partial charge in [-0.15, -0.1) is 12.4 Å². The predicted molar refractivity (Wildman–Crippen MR) is 87.8 cm³/mol. The molecule has 3 rings (SSSR count). The minimum atomic E-state index is -0.426. The van der Waals surface area contributed by atoms with Crippen LogP contribution in [0.25, 0.3) is 0 Å². The number of amides is 1. The van der Waals surface area contributed by atoms with Crippen LogP contribution >= 0.6 is 12.4 Å². The summed E-state index contributed by atoms with van der Waals surface area (Å²) >= 11 is 0. The summed E-state index contributed by atoms with van der Waals surface area (Å²) in [5, 5.41) is 3.37. The van der Waals surface area contributed by atoms with Gasteiger partial charge in [-0.2, -0.15) is 0 Å². The minimum absolute atomic E-state index is 0. The fraction of sp³-hybridized carbons (Fsp3) is 0.588. The van der Waals surface area contributed by atoms with E-state index >= 15 is 0 Å². The lowest BCUT2D eigenvalue weighted by Crippen LogP contribution is -2.56. The quantitative estimate of drug-likeness (QED) is 0.906. The number of hydrogen-bond acceptors (Lipinski definition) is 2. The third-order valence-electron chi connectivity index (χ3n) is 4.92. The summed E-state index contributed by atoms with van der Waals surface area (Å²) in [5.41, 5.74) is 0.558. The van der Waals surface area contributed by atoms with Crippen LogP contribution in [-0.2, 0) is 10.2 Å². The fourth-order valence-electron chi connectivity index (χ4n) is 3.79. The van der Waals surface area contributed by atoms with Gasteiger partial charge in [0, 0.05) is 25.7 Å². The van der Waals surface area contributed by atoms with Crippen LogP contribution in [0.15, 0.2) is 24.3 Å². The van der Waals surface area contributed by atoms with E-state index in [4.69, 9.17) is 0 Å². The second kappa shape index (κ2) is 6.97. The maximum atomic E-state index is 13.2. The molecule has 0 bridgehead atoms. The van der Waals surface area contributed by atoms with Crippen molar-refractivity contribution in [2.24, 2.45) is 0 Å². The second-order valence-corrected chi connectivity index (χ2v) is 6.40. The summed E-state index contributed by atoms with van der Waals surface area (Å²) in [6.45, 7) is 4.50. The molecule has 3 nitrogen and oxygen atoms in total. The maximum Gasteiger partial charge on any atom is 0.233 e. The first-order valence-electron chi connectivity index (χ1n) is 7.91. The Morgan fingerprint density at radius 2 is 1.91 bits per heavy atom. The van der Waals surface area contributed by atoms with Gasteiger partial charge in [0.25, 0.3) is 0 Å². The zero-order chi connectivity index (χ0) is 14.9. The maximum absolute atomic E-state index is 13.2. The molecule has 0 aromatic heterocycles. The molecule has 1 saturated heterocycles. The van der Waals surface area contributed by atoms with E-state index in [1.54, 1.807) is 12.1 Å². The Kier molecular flexibility index (Phi) is 5.45. The van der Waals surface area contributed by atoms with Crippen molar-refractivity contribution in [3.8, 4) is 0 Å².